The molecule has 3 N–H and O–H groups in total. The molecule has 27 heavy (non-hydrogen) atoms. The van der Waals surface area contributed by atoms with Crippen molar-refractivity contribution >= 4 is 17.6 Å². The molecule has 0 aliphatic heterocycles. The van der Waals surface area contributed by atoms with Crippen LogP contribution in [0.25, 0.3) is 0 Å². The molecule has 1 atom stereocenters. The van der Waals surface area contributed by atoms with E-state index in [1.165, 1.54) is 6.92 Å². The second-order valence-corrected chi connectivity index (χ2v) is 6.37. The molecular formula is C19H26N4O4. The predicted octanol–water partition coefficient (Wildman–Crippen LogP) is 2.56. The van der Waals surface area contributed by atoms with Gasteiger partial charge in [0.2, 0.25) is 5.91 Å². The molecule has 0 bridgehead atoms. The highest BCUT2D eigenvalue weighted by atomic mass is 16.5. The topological polar surface area (TPSA) is 105 Å². The number of anilines is 1. The third-order valence-corrected chi connectivity index (χ3v) is 3.88. The summed E-state index contributed by atoms with van der Waals surface area (Å²) in [6.45, 7) is 7.79. The van der Waals surface area contributed by atoms with Crippen molar-refractivity contribution < 1.29 is 18.8 Å². The molecule has 2 aromatic rings. The fraction of sp³-hybridized carbons (Fsp3) is 0.421. The van der Waals surface area contributed by atoms with Gasteiger partial charge in [-0.15, -0.1) is 0 Å². The lowest BCUT2D eigenvalue weighted by Crippen LogP contribution is -2.43. The van der Waals surface area contributed by atoms with Crippen LogP contribution in [0.5, 0.6) is 5.75 Å². The third kappa shape index (κ3) is 6.65. The second kappa shape index (κ2) is 9.61. The van der Waals surface area contributed by atoms with Gasteiger partial charge in [0.1, 0.15) is 18.1 Å². The smallest absolute Gasteiger partial charge is 0.315 e. The van der Waals surface area contributed by atoms with Crippen LogP contribution in [0.2, 0.25) is 0 Å². The number of hydrogen-bond donors (Lipinski definition) is 3. The molecule has 8 nitrogen and oxygen atoms in total. The summed E-state index contributed by atoms with van der Waals surface area (Å²) < 4.78 is 10.7. The van der Waals surface area contributed by atoms with Crippen molar-refractivity contribution in [1.82, 2.24) is 15.8 Å². The summed E-state index contributed by atoms with van der Waals surface area (Å²) >= 11 is 0. The van der Waals surface area contributed by atoms with E-state index in [1.807, 2.05) is 20.8 Å². The van der Waals surface area contributed by atoms with Crippen molar-refractivity contribution in [2.45, 2.75) is 40.2 Å². The van der Waals surface area contributed by atoms with Crippen LogP contribution in [0.1, 0.15) is 30.9 Å². The van der Waals surface area contributed by atoms with Crippen LogP contribution in [0.15, 0.2) is 28.8 Å². The molecular weight excluding hydrogens is 348 g/mol. The number of hydrogen-bond acceptors (Lipinski definition) is 5. The highest BCUT2D eigenvalue weighted by molar-refractivity contribution is 5.88. The van der Waals surface area contributed by atoms with Crippen LogP contribution in [0.3, 0.4) is 0 Å². The molecule has 1 aromatic carbocycles. The number of amides is 3. The Labute approximate surface area is 158 Å². The highest BCUT2D eigenvalue weighted by Crippen LogP contribution is 2.17. The van der Waals surface area contributed by atoms with E-state index < -0.39 is 0 Å². The molecule has 0 aliphatic rings. The van der Waals surface area contributed by atoms with Crippen molar-refractivity contribution in [3.63, 3.8) is 0 Å². The molecule has 2 rings (SSSR count). The fourth-order valence-corrected chi connectivity index (χ4v) is 2.63. The zero-order valence-corrected chi connectivity index (χ0v) is 16.1. The standard InChI is InChI=1S/C19H26N4O4/c1-12(10-18-13(2)23-27-14(18)3)21-19(25)20-8-9-26-17-7-5-6-16(11-17)22-15(4)24/h5-7,11-12H,8-10H2,1-4H3,(H,22,24)(H2,20,21,25). The number of carbonyl (C=O) groups is 2. The van der Waals surface area contributed by atoms with Crippen molar-refractivity contribution in [3.05, 3.63) is 41.3 Å². The molecule has 0 fully saturated rings. The number of rotatable bonds is 8. The maximum atomic E-state index is 12.0. The zero-order chi connectivity index (χ0) is 19.8. The zero-order valence-electron chi connectivity index (χ0n) is 16.1. The SMILES string of the molecule is CC(=O)Nc1cccc(OCCNC(=O)NC(C)Cc2c(C)noc2C)c1. The molecule has 1 unspecified atom stereocenters. The highest BCUT2D eigenvalue weighted by Gasteiger charge is 2.14. The molecule has 8 heteroatoms. The predicted molar refractivity (Wildman–Crippen MR) is 102 cm³/mol. The Bertz CT molecular complexity index is 768. The van der Waals surface area contributed by atoms with Gasteiger partial charge in [0, 0.05) is 30.3 Å². The summed E-state index contributed by atoms with van der Waals surface area (Å²) in [5.74, 6) is 1.25. The average molecular weight is 374 g/mol. The lowest BCUT2D eigenvalue weighted by Gasteiger charge is -2.15. The third-order valence-electron chi connectivity index (χ3n) is 3.88. The van der Waals surface area contributed by atoms with Crippen molar-refractivity contribution in [2.75, 3.05) is 18.5 Å². The molecule has 1 aromatic heterocycles. The first-order valence-electron chi connectivity index (χ1n) is 8.81. The Morgan fingerprint density at radius 2 is 2.07 bits per heavy atom. The Balaban J connectivity index is 1.69. The van der Waals surface area contributed by atoms with Crippen molar-refractivity contribution in [2.24, 2.45) is 0 Å². The quantitative estimate of drug-likeness (QED) is 0.616. The van der Waals surface area contributed by atoms with Crippen LogP contribution in [-0.4, -0.2) is 36.3 Å². The molecule has 1 heterocycles. The number of urea groups is 1. The Morgan fingerprint density at radius 3 is 2.74 bits per heavy atom. The van der Waals surface area contributed by atoms with Crippen LogP contribution in [0.4, 0.5) is 10.5 Å². The Morgan fingerprint density at radius 1 is 1.30 bits per heavy atom. The van der Waals surface area contributed by atoms with Crippen molar-refractivity contribution in [1.29, 1.82) is 0 Å². The molecule has 0 saturated heterocycles. The summed E-state index contributed by atoms with van der Waals surface area (Å²) in [4.78, 5) is 23.0. The summed E-state index contributed by atoms with van der Waals surface area (Å²) in [5, 5.41) is 12.2. The summed E-state index contributed by atoms with van der Waals surface area (Å²) in [6, 6.07) is 6.77. The van der Waals surface area contributed by atoms with Gasteiger partial charge in [-0.05, 0) is 39.3 Å². The number of nitrogens with one attached hydrogen (secondary N) is 3. The number of aryl methyl sites for hydroxylation is 2. The van der Waals surface area contributed by atoms with Crippen LogP contribution in [0, 0.1) is 13.8 Å². The lowest BCUT2D eigenvalue weighted by atomic mass is 10.1. The summed E-state index contributed by atoms with van der Waals surface area (Å²) in [7, 11) is 0. The van der Waals surface area contributed by atoms with E-state index in [1.54, 1.807) is 24.3 Å². The number of aromatic nitrogens is 1. The molecule has 0 aliphatic carbocycles. The first-order chi connectivity index (χ1) is 12.8. The van der Waals surface area contributed by atoms with Gasteiger partial charge in [0.05, 0.1) is 12.2 Å². The summed E-state index contributed by atoms with van der Waals surface area (Å²) in [5.41, 5.74) is 2.53. The minimum atomic E-state index is -0.259. The minimum absolute atomic E-state index is 0.0583. The van der Waals surface area contributed by atoms with Crippen LogP contribution < -0.4 is 20.7 Å². The van der Waals surface area contributed by atoms with Gasteiger partial charge in [-0.2, -0.15) is 0 Å². The van der Waals surface area contributed by atoms with Gasteiger partial charge >= 0.3 is 6.03 Å². The Hall–Kier alpha value is -3.03. The summed E-state index contributed by atoms with van der Waals surface area (Å²) in [6.07, 6.45) is 0.654. The fourth-order valence-electron chi connectivity index (χ4n) is 2.63. The molecule has 3 amide bonds. The van der Waals surface area contributed by atoms with Gasteiger partial charge in [0.25, 0.3) is 0 Å². The first kappa shape index (κ1) is 20.3. The molecule has 0 radical (unpaired) electrons. The van der Waals surface area contributed by atoms with Gasteiger partial charge in [-0.25, -0.2) is 4.79 Å². The Kier molecular flexibility index (Phi) is 7.22. The van der Waals surface area contributed by atoms with E-state index in [0.29, 0.717) is 31.0 Å². The van der Waals surface area contributed by atoms with Crippen LogP contribution in [-0.2, 0) is 11.2 Å². The van der Waals surface area contributed by atoms with Crippen LogP contribution >= 0.6 is 0 Å². The molecule has 146 valence electrons. The van der Waals surface area contributed by atoms with Gasteiger partial charge in [-0.1, -0.05) is 11.2 Å². The number of benzene rings is 1. The van der Waals surface area contributed by atoms with E-state index in [9.17, 15) is 9.59 Å². The van der Waals surface area contributed by atoms with Gasteiger partial charge in [-0.3, -0.25) is 4.79 Å². The normalized spacial score (nSPS) is 11.6. The monoisotopic (exact) mass is 374 g/mol. The second-order valence-electron chi connectivity index (χ2n) is 6.37. The minimum Gasteiger partial charge on any atom is -0.492 e. The van der Waals surface area contributed by atoms with E-state index >= 15 is 0 Å². The maximum absolute atomic E-state index is 12.0. The average Bonchev–Trinajstić information content (AvgIpc) is 2.90. The van der Waals surface area contributed by atoms with E-state index in [4.69, 9.17) is 9.26 Å². The lowest BCUT2D eigenvalue weighted by molar-refractivity contribution is -0.114. The van der Waals surface area contributed by atoms with E-state index in [0.717, 1.165) is 17.0 Å². The number of carbonyl (C=O) groups excluding carboxylic acids is 2. The molecule has 0 saturated carbocycles. The van der Waals surface area contributed by atoms with E-state index in [-0.39, 0.29) is 18.0 Å². The number of ether oxygens (including phenoxy) is 1. The van der Waals surface area contributed by atoms with Gasteiger partial charge in [0.15, 0.2) is 0 Å². The molecule has 0 spiro atoms. The maximum Gasteiger partial charge on any atom is 0.315 e. The number of nitrogens with zero attached hydrogens (tertiary/aromatic N) is 1. The largest absolute Gasteiger partial charge is 0.492 e. The van der Waals surface area contributed by atoms with Crippen molar-refractivity contribution in [3.8, 4) is 5.75 Å². The first-order valence-corrected chi connectivity index (χ1v) is 8.81. The van der Waals surface area contributed by atoms with E-state index in [2.05, 4.69) is 21.1 Å². The van der Waals surface area contributed by atoms with Gasteiger partial charge < -0.3 is 25.2 Å².